The molecule has 0 aromatic heterocycles. The number of fused-ring (bicyclic) bond motifs is 2. The molecule has 124 valence electrons. The Kier molecular flexibility index (Phi) is 5.16. The molecule has 0 amide bonds. The molecule has 1 aromatic carbocycles. The van der Waals surface area contributed by atoms with E-state index in [0.717, 1.165) is 31.7 Å². The van der Waals surface area contributed by atoms with Crippen molar-refractivity contribution in [2.24, 2.45) is 0 Å². The third kappa shape index (κ3) is 3.15. The van der Waals surface area contributed by atoms with Gasteiger partial charge >= 0.3 is 0 Å². The van der Waals surface area contributed by atoms with Gasteiger partial charge in [0, 0.05) is 25.2 Å². The van der Waals surface area contributed by atoms with E-state index in [1.807, 2.05) is 0 Å². The predicted molar refractivity (Wildman–Crippen MR) is 86.3 cm³/mol. The van der Waals surface area contributed by atoms with E-state index in [1.54, 1.807) is 14.0 Å². The first-order chi connectivity index (χ1) is 9.88. The highest BCUT2D eigenvalue weighted by Gasteiger charge is 2.38. The molecule has 7 heteroatoms. The van der Waals surface area contributed by atoms with E-state index in [-0.39, 0.29) is 23.3 Å². The summed E-state index contributed by atoms with van der Waals surface area (Å²) < 4.78 is 40.4. The van der Waals surface area contributed by atoms with Crippen LogP contribution < -0.4 is 5.32 Å². The van der Waals surface area contributed by atoms with E-state index >= 15 is 0 Å². The first-order valence-electron chi connectivity index (χ1n) is 7.38. The van der Waals surface area contributed by atoms with Crippen molar-refractivity contribution in [3.05, 3.63) is 29.6 Å². The van der Waals surface area contributed by atoms with Crippen molar-refractivity contribution >= 4 is 22.4 Å². The van der Waals surface area contributed by atoms with Gasteiger partial charge in [0.05, 0.1) is 4.90 Å². The summed E-state index contributed by atoms with van der Waals surface area (Å²) in [5.74, 6) is -0.477. The van der Waals surface area contributed by atoms with Crippen LogP contribution in [0.4, 0.5) is 4.39 Å². The van der Waals surface area contributed by atoms with Gasteiger partial charge < -0.3 is 5.32 Å². The van der Waals surface area contributed by atoms with Gasteiger partial charge in [-0.25, -0.2) is 12.8 Å². The highest BCUT2D eigenvalue weighted by molar-refractivity contribution is 7.89. The highest BCUT2D eigenvalue weighted by atomic mass is 35.5. The van der Waals surface area contributed by atoms with Gasteiger partial charge in [-0.2, -0.15) is 4.31 Å². The van der Waals surface area contributed by atoms with E-state index in [2.05, 4.69) is 5.32 Å². The smallest absolute Gasteiger partial charge is 0.243 e. The van der Waals surface area contributed by atoms with Gasteiger partial charge in [-0.15, -0.1) is 12.4 Å². The van der Waals surface area contributed by atoms with Crippen molar-refractivity contribution in [1.82, 2.24) is 9.62 Å². The third-order valence-electron chi connectivity index (χ3n) is 4.78. The molecule has 2 bridgehead atoms. The number of hydrogen-bond donors (Lipinski definition) is 1. The maximum Gasteiger partial charge on any atom is 0.243 e. The lowest BCUT2D eigenvalue weighted by atomic mass is 10.0. The van der Waals surface area contributed by atoms with Gasteiger partial charge in [-0.1, -0.05) is 6.07 Å². The van der Waals surface area contributed by atoms with Gasteiger partial charge in [0.2, 0.25) is 10.0 Å². The first kappa shape index (κ1) is 17.7. The molecule has 2 atom stereocenters. The second-order valence-electron chi connectivity index (χ2n) is 6.20. The molecule has 2 saturated heterocycles. The minimum atomic E-state index is -3.63. The number of nitrogens with one attached hydrogen (secondary N) is 1. The molecule has 2 heterocycles. The Morgan fingerprint density at radius 1 is 1.23 bits per heavy atom. The number of hydrogen-bond acceptors (Lipinski definition) is 3. The van der Waals surface area contributed by atoms with Crippen LogP contribution in [0.1, 0.15) is 31.2 Å². The number of piperidine rings is 1. The van der Waals surface area contributed by atoms with Crippen LogP contribution >= 0.6 is 12.4 Å². The van der Waals surface area contributed by atoms with Crippen LogP contribution in [-0.4, -0.2) is 37.9 Å². The van der Waals surface area contributed by atoms with Crippen LogP contribution in [-0.2, 0) is 10.0 Å². The second kappa shape index (κ2) is 6.43. The largest absolute Gasteiger partial charge is 0.311 e. The minimum Gasteiger partial charge on any atom is -0.311 e. The zero-order valence-corrected chi connectivity index (χ0v) is 14.4. The number of sulfonamides is 1. The van der Waals surface area contributed by atoms with Crippen LogP contribution in [0.15, 0.2) is 23.1 Å². The summed E-state index contributed by atoms with van der Waals surface area (Å²) in [6, 6.07) is 4.96. The summed E-state index contributed by atoms with van der Waals surface area (Å²) >= 11 is 0. The molecular formula is C15H22ClFN2O2S. The van der Waals surface area contributed by atoms with Crippen LogP contribution in [0.3, 0.4) is 0 Å². The SMILES string of the molecule is Cc1ccc(S(=O)(=O)N(C)C2CC3CCC(C2)N3)cc1F.Cl. The normalized spacial score (nSPS) is 27.7. The molecule has 3 rings (SSSR count). The molecule has 0 radical (unpaired) electrons. The molecule has 2 unspecified atom stereocenters. The Hall–Kier alpha value is -0.690. The molecule has 22 heavy (non-hydrogen) atoms. The number of rotatable bonds is 3. The van der Waals surface area contributed by atoms with Crippen molar-refractivity contribution in [3.63, 3.8) is 0 Å². The summed E-state index contributed by atoms with van der Waals surface area (Å²) in [5.41, 5.74) is 0.455. The Balaban J connectivity index is 0.00000176. The van der Waals surface area contributed by atoms with Crippen molar-refractivity contribution in [3.8, 4) is 0 Å². The Bertz CT molecular complexity index is 641. The standard InChI is InChI=1S/C15H21FN2O2S.ClH/c1-10-3-6-14(9-15(10)16)21(19,20)18(2)13-7-11-4-5-12(8-13)17-11;/h3,6,9,11-13,17H,4-5,7-8H2,1-2H3;1H. The van der Waals surface area contributed by atoms with Gasteiger partial charge in [0.1, 0.15) is 5.82 Å². The van der Waals surface area contributed by atoms with Gasteiger partial charge in [-0.3, -0.25) is 0 Å². The number of nitrogens with zero attached hydrogens (tertiary/aromatic N) is 1. The molecule has 0 aliphatic carbocycles. The topological polar surface area (TPSA) is 49.4 Å². The molecule has 2 aliphatic heterocycles. The summed E-state index contributed by atoms with van der Waals surface area (Å²) in [7, 11) is -2.02. The fourth-order valence-electron chi connectivity index (χ4n) is 3.42. The van der Waals surface area contributed by atoms with E-state index in [1.165, 1.54) is 16.4 Å². The lowest BCUT2D eigenvalue weighted by Gasteiger charge is -2.34. The second-order valence-corrected chi connectivity index (χ2v) is 8.19. The number of benzene rings is 1. The molecule has 0 saturated carbocycles. The molecule has 2 fully saturated rings. The van der Waals surface area contributed by atoms with Gasteiger partial charge in [0.25, 0.3) is 0 Å². The maximum atomic E-state index is 13.7. The number of halogens is 2. The first-order valence-corrected chi connectivity index (χ1v) is 8.82. The predicted octanol–water partition coefficient (Wildman–Crippen LogP) is 2.46. The Morgan fingerprint density at radius 3 is 2.36 bits per heavy atom. The van der Waals surface area contributed by atoms with E-state index < -0.39 is 15.8 Å². The monoisotopic (exact) mass is 348 g/mol. The van der Waals surface area contributed by atoms with Crippen molar-refractivity contribution in [2.75, 3.05) is 7.05 Å². The van der Waals surface area contributed by atoms with Gasteiger partial charge in [0.15, 0.2) is 0 Å². The Labute approximate surface area is 137 Å². The van der Waals surface area contributed by atoms with Crippen LogP contribution in [0.5, 0.6) is 0 Å². The summed E-state index contributed by atoms with van der Waals surface area (Å²) in [5, 5.41) is 3.50. The molecule has 0 spiro atoms. The zero-order chi connectivity index (χ0) is 15.2. The lowest BCUT2D eigenvalue weighted by molar-refractivity contribution is 0.251. The molecule has 2 aliphatic rings. The van der Waals surface area contributed by atoms with Crippen LogP contribution in [0.25, 0.3) is 0 Å². The fourth-order valence-corrected chi connectivity index (χ4v) is 4.81. The quantitative estimate of drug-likeness (QED) is 0.912. The van der Waals surface area contributed by atoms with Crippen molar-refractivity contribution < 1.29 is 12.8 Å². The van der Waals surface area contributed by atoms with E-state index in [9.17, 15) is 12.8 Å². The zero-order valence-electron chi connectivity index (χ0n) is 12.8. The molecular weight excluding hydrogens is 327 g/mol. The van der Waals surface area contributed by atoms with Crippen molar-refractivity contribution in [1.29, 1.82) is 0 Å². The van der Waals surface area contributed by atoms with Gasteiger partial charge in [-0.05, 0) is 50.3 Å². The summed E-state index contributed by atoms with van der Waals surface area (Å²) in [4.78, 5) is 0.0407. The van der Waals surface area contributed by atoms with Crippen molar-refractivity contribution in [2.45, 2.75) is 55.6 Å². The van der Waals surface area contributed by atoms with E-state index in [4.69, 9.17) is 0 Å². The van der Waals surface area contributed by atoms with Crippen LogP contribution in [0.2, 0.25) is 0 Å². The number of aryl methyl sites for hydroxylation is 1. The Morgan fingerprint density at radius 2 is 1.82 bits per heavy atom. The van der Waals surface area contributed by atoms with Crippen LogP contribution in [0, 0.1) is 12.7 Å². The maximum absolute atomic E-state index is 13.7. The summed E-state index contributed by atoms with van der Waals surface area (Å²) in [6.45, 7) is 1.62. The summed E-state index contributed by atoms with van der Waals surface area (Å²) in [6.07, 6.45) is 3.91. The fraction of sp³-hybridized carbons (Fsp3) is 0.600. The molecule has 1 N–H and O–H groups in total. The molecule has 4 nitrogen and oxygen atoms in total. The van der Waals surface area contributed by atoms with E-state index in [0.29, 0.717) is 17.6 Å². The lowest BCUT2D eigenvalue weighted by Crippen LogP contribution is -2.48. The minimum absolute atomic E-state index is 0. The highest BCUT2D eigenvalue weighted by Crippen LogP contribution is 2.31. The average molecular weight is 349 g/mol. The average Bonchev–Trinajstić information content (AvgIpc) is 2.79. The molecule has 1 aromatic rings. The third-order valence-corrected chi connectivity index (χ3v) is 6.69.